The molecule has 1 aliphatic heterocycles. The first-order chi connectivity index (χ1) is 7.47. The largest absolute Gasteiger partial charge is 0.495 e. The van der Waals surface area contributed by atoms with Crippen molar-refractivity contribution in [1.29, 1.82) is 0 Å². The number of amides is 1. The van der Waals surface area contributed by atoms with E-state index in [1.807, 2.05) is 32.0 Å². The molecule has 1 aliphatic rings. The summed E-state index contributed by atoms with van der Waals surface area (Å²) < 4.78 is 5.29. The van der Waals surface area contributed by atoms with Gasteiger partial charge in [0.15, 0.2) is 0 Å². The molecule has 0 unspecified atom stereocenters. The van der Waals surface area contributed by atoms with Gasteiger partial charge in [-0.05, 0) is 26.0 Å². The smallest absolute Gasteiger partial charge is 0.251 e. The molecule has 0 aliphatic carbocycles. The molecule has 0 spiro atoms. The molecule has 1 heterocycles. The second-order valence-corrected chi connectivity index (χ2v) is 4.47. The lowest BCUT2D eigenvalue weighted by atomic mass is 9.98. The molecule has 0 atom stereocenters. The zero-order chi connectivity index (χ0) is 11.9. The predicted molar refractivity (Wildman–Crippen MR) is 64.1 cm³/mol. The van der Waals surface area contributed by atoms with E-state index in [0.29, 0.717) is 0 Å². The van der Waals surface area contributed by atoms with E-state index in [0.717, 1.165) is 17.1 Å². The fraction of sp³-hybridized carbons (Fsp3) is 0.417. The minimum Gasteiger partial charge on any atom is -0.495 e. The van der Waals surface area contributed by atoms with Crippen LogP contribution in [0.3, 0.4) is 0 Å². The maximum absolute atomic E-state index is 12.0. The summed E-state index contributed by atoms with van der Waals surface area (Å²) in [6.45, 7) is 3.72. The number of hydrogen-bond acceptors (Lipinski definition) is 3. The van der Waals surface area contributed by atoms with Crippen LogP contribution in [0.1, 0.15) is 13.8 Å². The van der Waals surface area contributed by atoms with Crippen molar-refractivity contribution in [3.63, 3.8) is 0 Å². The molecule has 86 valence electrons. The number of nitrogens with one attached hydrogen (secondary N) is 1. The van der Waals surface area contributed by atoms with E-state index < -0.39 is 5.54 Å². The highest BCUT2D eigenvalue weighted by atomic mass is 16.5. The van der Waals surface area contributed by atoms with Crippen molar-refractivity contribution in [3.05, 3.63) is 18.2 Å². The predicted octanol–water partition coefficient (Wildman–Crippen LogP) is 1.86. The van der Waals surface area contributed by atoms with E-state index >= 15 is 0 Å². The van der Waals surface area contributed by atoms with E-state index in [9.17, 15) is 4.79 Å². The summed E-state index contributed by atoms with van der Waals surface area (Å²) >= 11 is 0. The number of likely N-dealkylation sites (N-methyl/N-ethyl adjacent to an activating group) is 1. The number of benzene rings is 1. The van der Waals surface area contributed by atoms with Crippen molar-refractivity contribution >= 4 is 17.3 Å². The third-order valence-electron chi connectivity index (χ3n) is 2.86. The molecule has 0 fully saturated rings. The van der Waals surface area contributed by atoms with Crippen LogP contribution in [0.15, 0.2) is 18.2 Å². The van der Waals surface area contributed by atoms with E-state index in [1.54, 1.807) is 19.1 Å². The van der Waals surface area contributed by atoms with Crippen molar-refractivity contribution < 1.29 is 9.53 Å². The Morgan fingerprint density at radius 3 is 2.69 bits per heavy atom. The van der Waals surface area contributed by atoms with Gasteiger partial charge in [0, 0.05) is 7.05 Å². The van der Waals surface area contributed by atoms with Gasteiger partial charge in [-0.15, -0.1) is 0 Å². The van der Waals surface area contributed by atoms with Gasteiger partial charge in [-0.25, -0.2) is 0 Å². The van der Waals surface area contributed by atoms with Gasteiger partial charge in [0.2, 0.25) is 0 Å². The standard InChI is InChI=1S/C12H16N2O2/c1-12(2)11(15)14(3)8-6-5-7-9(16-4)10(8)13-12/h5-7,13H,1-4H3. The van der Waals surface area contributed by atoms with Crippen molar-refractivity contribution in [1.82, 2.24) is 0 Å². The highest BCUT2D eigenvalue weighted by Crippen LogP contribution is 2.40. The Morgan fingerprint density at radius 1 is 1.38 bits per heavy atom. The Kier molecular flexibility index (Phi) is 2.30. The number of fused-ring (bicyclic) bond motifs is 1. The number of nitrogens with zero attached hydrogens (tertiary/aromatic N) is 1. The molecule has 0 radical (unpaired) electrons. The molecule has 1 N–H and O–H groups in total. The summed E-state index contributed by atoms with van der Waals surface area (Å²) in [5.41, 5.74) is 1.12. The summed E-state index contributed by atoms with van der Waals surface area (Å²) in [6, 6.07) is 5.66. The molecule has 0 saturated carbocycles. The van der Waals surface area contributed by atoms with Gasteiger partial charge in [-0.1, -0.05) is 6.07 Å². The molecule has 4 nitrogen and oxygen atoms in total. The van der Waals surface area contributed by atoms with Gasteiger partial charge in [-0.2, -0.15) is 0 Å². The number of methoxy groups -OCH3 is 1. The third kappa shape index (κ3) is 1.41. The van der Waals surface area contributed by atoms with Crippen LogP contribution < -0.4 is 15.0 Å². The maximum Gasteiger partial charge on any atom is 0.251 e. The summed E-state index contributed by atoms with van der Waals surface area (Å²) in [7, 11) is 3.41. The van der Waals surface area contributed by atoms with Crippen LogP contribution in [0, 0.1) is 0 Å². The number of para-hydroxylation sites is 1. The van der Waals surface area contributed by atoms with Crippen molar-refractivity contribution in [2.24, 2.45) is 0 Å². The number of anilines is 2. The first kappa shape index (κ1) is 10.8. The second-order valence-electron chi connectivity index (χ2n) is 4.47. The topological polar surface area (TPSA) is 41.6 Å². The van der Waals surface area contributed by atoms with Crippen molar-refractivity contribution in [2.75, 3.05) is 24.4 Å². The molecule has 16 heavy (non-hydrogen) atoms. The highest BCUT2D eigenvalue weighted by Gasteiger charge is 2.37. The third-order valence-corrected chi connectivity index (χ3v) is 2.86. The number of rotatable bonds is 1. The summed E-state index contributed by atoms with van der Waals surface area (Å²) in [4.78, 5) is 13.7. The van der Waals surface area contributed by atoms with Gasteiger partial charge in [0.05, 0.1) is 12.8 Å². The fourth-order valence-corrected chi connectivity index (χ4v) is 1.99. The Bertz CT molecular complexity index is 441. The Hall–Kier alpha value is -1.71. The van der Waals surface area contributed by atoms with E-state index in [-0.39, 0.29) is 5.91 Å². The average Bonchev–Trinajstić information content (AvgIpc) is 2.25. The normalized spacial score (nSPS) is 17.8. The van der Waals surface area contributed by atoms with Gasteiger partial charge in [-0.3, -0.25) is 4.79 Å². The van der Waals surface area contributed by atoms with E-state index in [1.165, 1.54) is 0 Å². The number of hydrogen-bond donors (Lipinski definition) is 1. The second kappa shape index (κ2) is 3.40. The van der Waals surface area contributed by atoms with Crippen molar-refractivity contribution in [3.8, 4) is 5.75 Å². The molecule has 0 saturated heterocycles. The molecule has 4 heteroatoms. The summed E-state index contributed by atoms with van der Waals surface area (Å²) in [5.74, 6) is 0.804. The average molecular weight is 220 g/mol. The molecule has 0 aromatic heterocycles. The summed E-state index contributed by atoms with van der Waals surface area (Å²) in [5, 5.41) is 3.22. The van der Waals surface area contributed by atoms with Crippen LogP contribution in [0.2, 0.25) is 0 Å². The molecule has 2 rings (SSSR count). The SMILES string of the molecule is COc1cccc2c1NC(C)(C)C(=O)N2C. The lowest BCUT2D eigenvalue weighted by Gasteiger charge is -2.38. The number of carbonyl (C=O) groups is 1. The van der Waals surface area contributed by atoms with Gasteiger partial charge < -0.3 is 15.0 Å². The minimum absolute atomic E-state index is 0.0493. The zero-order valence-electron chi connectivity index (χ0n) is 10.00. The Labute approximate surface area is 95.2 Å². The molecular formula is C12H16N2O2. The minimum atomic E-state index is -0.601. The van der Waals surface area contributed by atoms with E-state index in [4.69, 9.17) is 4.74 Å². The van der Waals surface area contributed by atoms with Gasteiger partial charge in [0.1, 0.15) is 17.0 Å². The van der Waals surface area contributed by atoms with Gasteiger partial charge in [0.25, 0.3) is 5.91 Å². The van der Waals surface area contributed by atoms with E-state index in [2.05, 4.69) is 5.32 Å². The number of carbonyl (C=O) groups excluding carboxylic acids is 1. The van der Waals surface area contributed by atoms with Crippen LogP contribution in [0.5, 0.6) is 5.75 Å². The van der Waals surface area contributed by atoms with Crippen LogP contribution in [-0.4, -0.2) is 25.6 Å². The van der Waals surface area contributed by atoms with Crippen LogP contribution >= 0.6 is 0 Å². The first-order valence-corrected chi connectivity index (χ1v) is 5.20. The first-order valence-electron chi connectivity index (χ1n) is 5.20. The Balaban J connectivity index is 2.59. The highest BCUT2D eigenvalue weighted by molar-refractivity contribution is 6.07. The lowest BCUT2D eigenvalue weighted by Crippen LogP contribution is -2.52. The molecular weight excluding hydrogens is 204 g/mol. The van der Waals surface area contributed by atoms with Gasteiger partial charge >= 0.3 is 0 Å². The van der Waals surface area contributed by atoms with Crippen LogP contribution in [-0.2, 0) is 4.79 Å². The van der Waals surface area contributed by atoms with Crippen molar-refractivity contribution in [2.45, 2.75) is 19.4 Å². The Morgan fingerprint density at radius 2 is 2.06 bits per heavy atom. The zero-order valence-corrected chi connectivity index (χ0v) is 10.00. The molecule has 1 aromatic rings. The lowest BCUT2D eigenvalue weighted by molar-refractivity contribution is -0.121. The molecule has 0 bridgehead atoms. The maximum atomic E-state index is 12.0. The quantitative estimate of drug-likeness (QED) is 0.785. The van der Waals surface area contributed by atoms with Crippen LogP contribution in [0.25, 0.3) is 0 Å². The fourth-order valence-electron chi connectivity index (χ4n) is 1.99. The molecule has 1 amide bonds. The molecule has 1 aromatic carbocycles. The van der Waals surface area contributed by atoms with Crippen LogP contribution in [0.4, 0.5) is 11.4 Å². The number of ether oxygens (including phenoxy) is 1. The monoisotopic (exact) mass is 220 g/mol. The summed E-state index contributed by atoms with van der Waals surface area (Å²) in [6.07, 6.45) is 0.